The zero-order valence-electron chi connectivity index (χ0n) is 7.68. The highest BCUT2D eigenvalue weighted by Gasteiger charge is 2.11. The van der Waals surface area contributed by atoms with Gasteiger partial charge in [-0.25, -0.2) is 9.78 Å². The first-order chi connectivity index (χ1) is 7.27. The number of hydrogen-bond acceptors (Lipinski definition) is 4. The highest BCUT2D eigenvalue weighted by molar-refractivity contribution is 7.14. The molecule has 2 aromatic heterocycles. The lowest BCUT2D eigenvalue weighted by Gasteiger charge is -2.02. The monoisotopic (exact) mass is 220 g/mol. The first-order valence-corrected chi connectivity index (χ1v) is 5.14. The van der Waals surface area contributed by atoms with Gasteiger partial charge in [-0.15, -0.1) is 11.3 Å². The van der Waals surface area contributed by atoms with Crippen molar-refractivity contribution in [2.45, 2.75) is 0 Å². The molecule has 0 bridgehead atoms. The molecule has 4 nitrogen and oxygen atoms in total. The Bertz CT molecular complexity index is 467. The molecular weight excluding hydrogens is 212 g/mol. The molecule has 15 heavy (non-hydrogen) atoms. The molecule has 0 radical (unpaired) electrons. The van der Waals surface area contributed by atoms with Gasteiger partial charge < -0.3 is 10.4 Å². The summed E-state index contributed by atoms with van der Waals surface area (Å²) in [7, 11) is 0. The molecule has 0 aliphatic heterocycles. The predicted octanol–water partition coefficient (Wildman–Crippen LogP) is 2.58. The maximum Gasteiger partial charge on any atom is 0.338 e. The second kappa shape index (κ2) is 4.10. The van der Waals surface area contributed by atoms with E-state index in [-0.39, 0.29) is 5.56 Å². The second-order valence-electron chi connectivity index (χ2n) is 2.81. The number of carboxylic acids is 1. The van der Waals surface area contributed by atoms with Crippen LogP contribution in [0.25, 0.3) is 0 Å². The third kappa shape index (κ3) is 2.13. The second-order valence-corrected chi connectivity index (χ2v) is 3.72. The molecule has 0 spiro atoms. The molecule has 2 heterocycles. The number of anilines is 2. The molecule has 2 rings (SSSR count). The van der Waals surface area contributed by atoms with E-state index in [0.29, 0.717) is 10.8 Å². The smallest absolute Gasteiger partial charge is 0.338 e. The summed E-state index contributed by atoms with van der Waals surface area (Å²) >= 11 is 1.34. The number of carbonyl (C=O) groups is 1. The maximum atomic E-state index is 10.8. The summed E-state index contributed by atoms with van der Waals surface area (Å²) in [5, 5.41) is 14.2. The lowest BCUT2D eigenvalue weighted by Crippen LogP contribution is -1.99. The van der Waals surface area contributed by atoms with E-state index in [1.165, 1.54) is 11.3 Å². The number of nitrogens with one attached hydrogen (secondary N) is 1. The minimum absolute atomic E-state index is 0.269. The number of nitrogens with zero attached hydrogens (tertiary/aromatic N) is 1. The van der Waals surface area contributed by atoms with Crippen LogP contribution in [0.2, 0.25) is 0 Å². The Hall–Kier alpha value is -1.88. The molecule has 0 aliphatic rings. The van der Waals surface area contributed by atoms with Gasteiger partial charge in [0.2, 0.25) is 0 Å². The summed E-state index contributed by atoms with van der Waals surface area (Å²) in [4.78, 5) is 14.9. The number of carboxylic acid groups (broad SMARTS) is 1. The average Bonchev–Trinajstić information content (AvgIpc) is 2.67. The summed E-state index contributed by atoms with van der Waals surface area (Å²) in [6.07, 6.45) is 1.65. The first kappa shape index (κ1) is 9.67. The fourth-order valence-corrected chi connectivity index (χ4v) is 1.91. The quantitative estimate of drug-likeness (QED) is 0.834. The van der Waals surface area contributed by atoms with Crippen molar-refractivity contribution in [3.8, 4) is 0 Å². The predicted molar refractivity (Wildman–Crippen MR) is 58.8 cm³/mol. The molecule has 0 amide bonds. The van der Waals surface area contributed by atoms with E-state index in [2.05, 4.69) is 10.3 Å². The van der Waals surface area contributed by atoms with Gasteiger partial charge in [0.25, 0.3) is 0 Å². The normalized spacial score (nSPS) is 9.87. The summed E-state index contributed by atoms with van der Waals surface area (Å²) in [5.74, 6) is -0.294. The van der Waals surface area contributed by atoms with Crippen LogP contribution in [0.4, 0.5) is 10.8 Å². The van der Waals surface area contributed by atoms with Crippen LogP contribution in [0.3, 0.4) is 0 Å². The van der Waals surface area contributed by atoms with Crippen molar-refractivity contribution in [3.05, 3.63) is 41.4 Å². The van der Waals surface area contributed by atoms with E-state index in [0.717, 1.165) is 0 Å². The molecule has 0 saturated heterocycles. The SMILES string of the molecule is O=C(O)c1ccsc1Nc1ccccn1. The summed E-state index contributed by atoms with van der Waals surface area (Å²) < 4.78 is 0. The van der Waals surface area contributed by atoms with Crippen LogP contribution in [0.15, 0.2) is 35.8 Å². The third-order valence-corrected chi connectivity index (χ3v) is 2.63. The van der Waals surface area contributed by atoms with Crippen molar-refractivity contribution in [2.24, 2.45) is 0 Å². The van der Waals surface area contributed by atoms with Crippen molar-refractivity contribution < 1.29 is 9.90 Å². The fraction of sp³-hybridized carbons (Fsp3) is 0. The number of hydrogen-bond donors (Lipinski definition) is 2. The van der Waals surface area contributed by atoms with E-state index in [1.54, 1.807) is 29.8 Å². The molecule has 0 aliphatic carbocycles. The van der Waals surface area contributed by atoms with Crippen LogP contribution in [0.5, 0.6) is 0 Å². The molecule has 2 N–H and O–H groups in total. The lowest BCUT2D eigenvalue weighted by atomic mass is 10.3. The standard InChI is InChI=1S/C10H8N2O2S/c13-10(14)7-4-6-15-9(7)12-8-3-1-2-5-11-8/h1-6H,(H,11,12)(H,13,14). The van der Waals surface area contributed by atoms with E-state index in [4.69, 9.17) is 5.11 Å². The maximum absolute atomic E-state index is 10.8. The fourth-order valence-electron chi connectivity index (χ4n) is 1.13. The minimum Gasteiger partial charge on any atom is -0.478 e. The summed E-state index contributed by atoms with van der Waals surface area (Å²) in [6.45, 7) is 0. The first-order valence-electron chi connectivity index (χ1n) is 4.26. The highest BCUT2D eigenvalue weighted by Crippen LogP contribution is 2.25. The van der Waals surface area contributed by atoms with Crippen molar-refractivity contribution in [1.29, 1.82) is 0 Å². The van der Waals surface area contributed by atoms with Crippen LogP contribution >= 0.6 is 11.3 Å². The summed E-state index contributed by atoms with van der Waals surface area (Å²) in [5.41, 5.74) is 0.269. The Morgan fingerprint density at radius 2 is 2.27 bits per heavy atom. The molecule has 0 aromatic carbocycles. The van der Waals surface area contributed by atoms with Gasteiger partial charge in [0, 0.05) is 6.20 Å². The number of aromatic carboxylic acids is 1. The van der Waals surface area contributed by atoms with Crippen LogP contribution < -0.4 is 5.32 Å². The number of rotatable bonds is 3. The van der Waals surface area contributed by atoms with E-state index < -0.39 is 5.97 Å². The molecule has 2 aromatic rings. The van der Waals surface area contributed by atoms with Crippen molar-refractivity contribution in [3.63, 3.8) is 0 Å². The lowest BCUT2D eigenvalue weighted by molar-refractivity contribution is 0.0698. The van der Waals surface area contributed by atoms with Gasteiger partial charge in [-0.3, -0.25) is 0 Å². The van der Waals surface area contributed by atoms with E-state index >= 15 is 0 Å². The Morgan fingerprint density at radius 3 is 2.93 bits per heavy atom. The van der Waals surface area contributed by atoms with Gasteiger partial charge in [-0.05, 0) is 23.6 Å². The van der Waals surface area contributed by atoms with Crippen molar-refractivity contribution >= 4 is 28.1 Å². The van der Waals surface area contributed by atoms with Crippen LogP contribution in [-0.4, -0.2) is 16.1 Å². The van der Waals surface area contributed by atoms with Gasteiger partial charge in [-0.1, -0.05) is 6.07 Å². The van der Waals surface area contributed by atoms with Crippen molar-refractivity contribution in [1.82, 2.24) is 4.98 Å². The molecule has 0 fully saturated rings. The third-order valence-electron chi connectivity index (χ3n) is 1.80. The molecular formula is C10H8N2O2S. The van der Waals surface area contributed by atoms with Gasteiger partial charge in [0.1, 0.15) is 10.8 Å². The molecule has 76 valence electrons. The van der Waals surface area contributed by atoms with Crippen molar-refractivity contribution in [2.75, 3.05) is 5.32 Å². The Balaban J connectivity index is 2.25. The van der Waals surface area contributed by atoms with Gasteiger partial charge in [-0.2, -0.15) is 0 Å². The molecule has 5 heteroatoms. The van der Waals surface area contributed by atoms with Gasteiger partial charge in [0.15, 0.2) is 0 Å². The average molecular weight is 220 g/mol. The van der Waals surface area contributed by atoms with E-state index in [1.807, 2.05) is 6.07 Å². The van der Waals surface area contributed by atoms with Crippen LogP contribution in [0.1, 0.15) is 10.4 Å². The Morgan fingerprint density at radius 1 is 1.40 bits per heavy atom. The molecule has 0 unspecified atom stereocenters. The van der Waals surface area contributed by atoms with Gasteiger partial charge in [0.05, 0.1) is 5.56 Å². The molecule has 0 atom stereocenters. The Labute approximate surface area is 90.2 Å². The van der Waals surface area contributed by atoms with Crippen LogP contribution in [0, 0.1) is 0 Å². The largest absolute Gasteiger partial charge is 0.478 e. The zero-order chi connectivity index (χ0) is 10.7. The Kier molecular flexibility index (Phi) is 2.64. The van der Waals surface area contributed by atoms with E-state index in [9.17, 15) is 4.79 Å². The number of aromatic nitrogens is 1. The van der Waals surface area contributed by atoms with Crippen LogP contribution in [-0.2, 0) is 0 Å². The molecule has 0 saturated carbocycles. The number of thiophene rings is 1. The van der Waals surface area contributed by atoms with Gasteiger partial charge >= 0.3 is 5.97 Å². The topological polar surface area (TPSA) is 62.2 Å². The number of pyridine rings is 1. The minimum atomic E-state index is -0.935. The zero-order valence-corrected chi connectivity index (χ0v) is 8.49. The highest BCUT2D eigenvalue weighted by atomic mass is 32.1. The summed E-state index contributed by atoms with van der Waals surface area (Å²) in [6, 6.07) is 6.99.